The van der Waals surface area contributed by atoms with Crippen LogP contribution in [0.5, 0.6) is 0 Å². The number of rotatable bonds is 6. The fraction of sp³-hybridized carbons (Fsp3) is 0.650. The molecule has 1 aliphatic rings. The Kier molecular flexibility index (Phi) is 7.17. The molecule has 134 valence electrons. The number of amides is 1. The zero-order valence-corrected chi connectivity index (χ0v) is 16.4. The lowest BCUT2D eigenvalue weighted by molar-refractivity contribution is -0.126. The molecular weight excluding hydrogens is 316 g/mol. The lowest BCUT2D eigenvalue weighted by atomic mass is 9.95. The summed E-state index contributed by atoms with van der Waals surface area (Å²) in [6.07, 6.45) is 1.95. The molecule has 0 radical (unpaired) electrons. The SMILES string of the molecule is Cc1ccc(CN2CCC(C(=O)NCCSC(C)(C)C)CC2)cc1. The lowest BCUT2D eigenvalue weighted by Gasteiger charge is -2.31. The van der Waals surface area contributed by atoms with Crippen LogP contribution in [0.2, 0.25) is 0 Å². The van der Waals surface area contributed by atoms with Crippen LogP contribution in [-0.4, -0.2) is 40.9 Å². The molecule has 1 aliphatic heterocycles. The summed E-state index contributed by atoms with van der Waals surface area (Å²) in [6.45, 7) is 12.6. The summed E-state index contributed by atoms with van der Waals surface area (Å²) in [5.41, 5.74) is 2.67. The van der Waals surface area contributed by atoms with Gasteiger partial charge in [-0.1, -0.05) is 50.6 Å². The molecule has 0 unspecified atom stereocenters. The lowest BCUT2D eigenvalue weighted by Crippen LogP contribution is -2.40. The summed E-state index contributed by atoms with van der Waals surface area (Å²) in [5, 5.41) is 3.12. The van der Waals surface area contributed by atoms with Crippen LogP contribution in [0, 0.1) is 12.8 Å². The van der Waals surface area contributed by atoms with Gasteiger partial charge in [-0.3, -0.25) is 9.69 Å². The number of carbonyl (C=O) groups excluding carboxylic acids is 1. The van der Waals surface area contributed by atoms with E-state index in [4.69, 9.17) is 0 Å². The molecule has 1 heterocycles. The minimum atomic E-state index is 0.193. The highest BCUT2D eigenvalue weighted by Gasteiger charge is 2.24. The monoisotopic (exact) mass is 348 g/mol. The Balaban J connectivity index is 1.66. The Morgan fingerprint density at radius 1 is 1.21 bits per heavy atom. The highest BCUT2D eigenvalue weighted by Crippen LogP contribution is 2.22. The number of likely N-dealkylation sites (tertiary alicyclic amines) is 1. The first kappa shape index (κ1) is 19.3. The number of hydrogen-bond acceptors (Lipinski definition) is 3. The van der Waals surface area contributed by atoms with E-state index in [1.807, 2.05) is 11.8 Å². The Hall–Kier alpha value is -1.00. The number of hydrogen-bond donors (Lipinski definition) is 1. The van der Waals surface area contributed by atoms with Gasteiger partial charge in [0.05, 0.1) is 0 Å². The van der Waals surface area contributed by atoms with Crippen LogP contribution in [0.1, 0.15) is 44.7 Å². The first-order valence-corrected chi connectivity index (χ1v) is 10.0. The fourth-order valence-corrected chi connectivity index (χ4v) is 3.80. The summed E-state index contributed by atoms with van der Waals surface area (Å²) in [4.78, 5) is 14.7. The second kappa shape index (κ2) is 8.91. The molecule has 1 saturated heterocycles. The van der Waals surface area contributed by atoms with E-state index in [-0.39, 0.29) is 16.6 Å². The van der Waals surface area contributed by atoms with Crippen LogP contribution >= 0.6 is 11.8 Å². The van der Waals surface area contributed by atoms with E-state index in [0.29, 0.717) is 0 Å². The molecule has 0 aromatic heterocycles. The van der Waals surface area contributed by atoms with Gasteiger partial charge in [0.2, 0.25) is 5.91 Å². The van der Waals surface area contributed by atoms with Gasteiger partial charge in [-0.2, -0.15) is 11.8 Å². The average Bonchev–Trinajstić information content (AvgIpc) is 2.53. The normalized spacial score (nSPS) is 17.0. The minimum Gasteiger partial charge on any atom is -0.355 e. The van der Waals surface area contributed by atoms with E-state index in [1.165, 1.54) is 11.1 Å². The van der Waals surface area contributed by atoms with Crippen molar-refractivity contribution < 1.29 is 4.79 Å². The molecule has 4 heteroatoms. The van der Waals surface area contributed by atoms with Crippen LogP contribution in [0.15, 0.2) is 24.3 Å². The molecule has 0 bridgehead atoms. The van der Waals surface area contributed by atoms with Crippen molar-refractivity contribution in [1.82, 2.24) is 10.2 Å². The highest BCUT2D eigenvalue weighted by atomic mass is 32.2. The van der Waals surface area contributed by atoms with Crippen LogP contribution in [0.3, 0.4) is 0 Å². The van der Waals surface area contributed by atoms with Gasteiger partial charge < -0.3 is 5.32 Å². The summed E-state index contributed by atoms with van der Waals surface area (Å²) in [5.74, 6) is 1.43. The minimum absolute atomic E-state index is 0.193. The molecule has 1 fully saturated rings. The molecule has 1 aromatic carbocycles. The second-order valence-corrected chi connectivity index (χ2v) is 9.71. The number of nitrogens with one attached hydrogen (secondary N) is 1. The summed E-state index contributed by atoms with van der Waals surface area (Å²) < 4.78 is 0.270. The van der Waals surface area contributed by atoms with Crippen molar-refractivity contribution in [3.63, 3.8) is 0 Å². The third-order valence-electron chi connectivity index (χ3n) is 4.42. The number of nitrogens with zero attached hydrogens (tertiary/aromatic N) is 1. The molecule has 0 saturated carbocycles. The molecule has 1 N–H and O–H groups in total. The van der Waals surface area contributed by atoms with Crippen LogP contribution in [0.4, 0.5) is 0 Å². The van der Waals surface area contributed by atoms with E-state index < -0.39 is 0 Å². The summed E-state index contributed by atoms with van der Waals surface area (Å²) in [6, 6.07) is 8.76. The van der Waals surface area contributed by atoms with Crippen LogP contribution < -0.4 is 5.32 Å². The van der Waals surface area contributed by atoms with Crippen molar-refractivity contribution in [2.24, 2.45) is 5.92 Å². The largest absolute Gasteiger partial charge is 0.355 e. The highest BCUT2D eigenvalue weighted by molar-refractivity contribution is 8.00. The number of thioether (sulfide) groups is 1. The van der Waals surface area contributed by atoms with Crippen LogP contribution in [-0.2, 0) is 11.3 Å². The Labute approximate surface area is 151 Å². The van der Waals surface area contributed by atoms with Gasteiger partial charge in [-0.25, -0.2) is 0 Å². The molecule has 0 spiro atoms. The van der Waals surface area contributed by atoms with E-state index in [0.717, 1.165) is 44.8 Å². The number of aryl methyl sites for hydroxylation is 1. The topological polar surface area (TPSA) is 32.3 Å². The number of benzene rings is 1. The van der Waals surface area contributed by atoms with Crippen molar-refractivity contribution >= 4 is 17.7 Å². The summed E-state index contributed by atoms with van der Waals surface area (Å²) in [7, 11) is 0. The molecule has 0 aliphatic carbocycles. The molecule has 3 nitrogen and oxygen atoms in total. The molecule has 2 rings (SSSR count). The van der Waals surface area contributed by atoms with Gasteiger partial charge in [0, 0.05) is 29.5 Å². The van der Waals surface area contributed by atoms with Gasteiger partial charge in [0.1, 0.15) is 0 Å². The maximum atomic E-state index is 12.3. The third-order valence-corrected chi connectivity index (χ3v) is 5.70. The van der Waals surface area contributed by atoms with Gasteiger partial charge in [0.25, 0.3) is 0 Å². The van der Waals surface area contributed by atoms with Gasteiger partial charge in [-0.15, -0.1) is 0 Å². The first-order valence-electron chi connectivity index (χ1n) is 9.03. The maximum absolute atomic E-state index is 12.3. The standard InChI is InChI=1S/C20H32N2OS/c1-16-5-7-17(8-6-16)15-22-12-9-18(10-13-22)19(23)21-11-14-24-20(2,3)4/h5-8,18H,9-15H2,1-4H3,(H,21,23). The van der Waals surface area contributed by atoms with Crippen molar-refractivity contribution in [3.8, 4) is 0 Å². The molecule has 1 aromatic rings. The number of carbonyl (C=O) groups is 1. The molecular formula is C20H32N2OS. The summed E-state index contributed by atoms with van der Waals surface area (Å²) >= 11 is 1.90. The molecule has 24 heavy (non-hydrogen) atoms. The zero-order chi connectivity index (χ0) is 17.6. The van der Waals surface area contributed by atoms with Crippen molar-refractivity contribution in [1.29, 1.82) is 0 Å². The average molecular weight is 349 g/mol. The van der Waals surface area contributed by atoms with Crippen molar-refractivity contribution in [3.05, 3.63) is 35.4 Å². The predicted molar refractivity (Wildman–Crippen MR) is 104 cm³/mol. The maximum Gasteiger partial charge on any atom is 0.223 e. The Morgan fingerprint density at radius 2 is 1.83 bits per heavy atom. The Morgan fingerprint density at radius 3 is 2.42 bits per heavy atom. The van der Waals surface area contributed by atoms with E-state index in [2.05, 4.69) is 62.2 Å². The van der Waals surface area contributed by atoms with Gasteiger partial charge in [0.15, 0.2) is 0 Å². The first-order chi connectivity index (χ1) is 11.3. The van der Waals surface area contributed by atoms with E-state index >= 15 is 0 Å². The predicted octanol–water partition coefficient (Wildman–Crippen LogP) is 3.85. The smallest absolute Gasteiger partial charge is 0.223 e. The zero-order valence-electron chi connectivity index (χ0n) is 15.6. The van der Waals surface area contributed by atoms with Gasteiger partial charge >= 0.3 is 0 Å². The van der Waals surface area contributed by atoms with E-state index in [9.17, 15) is 4.79 Å². The van der Waals surface area contributed by atoms with Crippen molar-refractivity contribution in [2.75, 3.05) is 25.4 Å². The Bertz CT molecular complexity index is 513. The molecule has 1 amide bonds. The van der Waals surface area contributed by atoms with Crippen LogP contribution in [0.25, 0.3) is 0 Å². The second-order valence-electron chi connectivity index (χ2n) is 7.79. The quantitative estimate of drug-likeness (QED) is 0.793. The van der Waals surface area contributed by atoms with Crippen molar-refractivity contribution in [2.45, 2.75) is 51.8 Å². The third kappa shape index (κ3) is 6.86. The van der Waals surface area contributed by atoms with E-state index in [1.54, 1.807) is 0 Å². The number of piperidine rings is 1. The fourth-order valence-electron chi connectivity index (χ4n) is 2.98. The van der Waals surface area contributed by atoms with Gasteiger partial charge in [-0.05, 0) is 38.4 Å². The molecule has 0 atom stereocenters.